The molecule has 0 spiro atoms. The molecule has 5 nitrogen and oxygen atoms in total. The number of amides is 1. The minimum absolute atomic E-state index is 0.138. The molecule has 1 amide bonds. The quantitative estimate of drug-likeness (QED) is 0.530. The molecular weight excluding hydrogens is 220 g/mol. The number of unbranched alkanes of at least 4 members (excludes halogenated alkanes) is 1. The molecule has 0 aliphatic heterocycles. The summed E-state index contributed by atoms with van der Waals surface area (Å²) in [6.07, 6.45) is 3.91. The van der Waals surface area contributed by atoms with E-state index >= 15 is 0 Å². The number of carbonyl (C=O) groups is 2. The second-order valence-electron chi connectivity index (χ2n) is 4.42. The summed E-state index contributed by atoms with van der Waals surface area (Å²) in [5.74, 6) is -1.29. The van der Waals surface area contributed by atoms with Gasteiger partial charge in [-0.2, -0.15) is 0 Å². The van der Waals surface area contributed by atoms with E-state index in [1.807, 2.05) is 0 Å². The first kappa shape index (κ1) is 15.9. The van der Waals surface area contributed by atoms with E-state index in [2.05, 4.69) is 12.2 Å². The van der Waals surface area contributed by atoms with Gasteiger partial charge in [0, 0.05) is 6.54 Å². The standard InChI is InChI=1S/C12H24N2O3/c1-3-4-7-10(13)11(15)14-8-5-6-9(2)12(16)17/h9-10H,3-8,13H2,1-2H3,(H,14,15)(H,16,17). The molecule has 0 radical (unpaired) electrons. The van der Waals surface area contributed by atoms with Crippen LogP contribution in [0.2, 0.25) is 0 Å². The maximum atomic E-state index is 11.5. The van der Waals surface area contributed by atoms with E-state index in [4.69, 9.17) is 10.8 Å². The number of carboxylic acids is 1. The zero-order chi connectivity index (χ0) is 13.3. The zero-order valence-electron chi connectivity index (χ0n) is 10.7. The van der Waals surface area contributed by atoms with Gasteiger partial charge in [-0.05, 0) is 19.3 Å². The summed E-state index contributed by atoms with van der Waals surface area (Å²) in [4.78, 5) is 22.0. The van der Waals surface area contributed by atoms with Gasteiger partial charge in [0.05, 0.1) is 12.0 Å². The lowest BCUT2D eigenvalue weighted by atomic mass is 10.1. The van der Waals surface area contributed by atoms with Gasteiger partial charge in [0.15, 0.2) is 0 Å². The molecular formula is C12H24N2O3. The average Bonchev–Trinajstić information content (AvgIpc) is 2.30. The number of carboxylic acid groups (broad SMARTS) is 1. The van der Waals surface area contributed by atoms with E-state index in [0.29, 0.717) is 25.8 Å². The van der Waals surface area contributed by atoms with Crippen LogP contribution < -0.4 is 11.1 Å². The predicted octanol–water partition coefficient (Wildman–Crippen LogP) is 1.12. The third-order valence-corrected chi connectivity index (χ3v) is 2.74. The third kappa shape index (κ3) is 7.74. The molecule has 2 unspecified atom stereocenters. The summed E-state index contributed by atoms with van der Waals surface area (Å²) < 4.78 is 0. The van der Waals surface area contributed by atoms with Crippen molar-refractivity contribution in [2.45, 2.75) is 52.0 Å². The Hall–Kier alpha value is -1.10. The summed E-state index contributed by atoms with van der Waals surface area (Å²) in [5, 5.41) is 11.4. The van der Waals surface area contributed by atoms with Gasteiger partial charge in [-0.3, -0.25) is 9.59 Å². The van der Waals surface area contributed by atoms with E-state index in [0.717, 1.165) is 12.8 Å². The van der Waals surface area contributed by atoms with Gasteiger partial charge >= 0.3 is 5.97 Å². The van der Waals surface area contributed by atoms with Crippen LogP contribution in [0, 0.1) is 5.92 Å². The highest BCUT2D eigenvalue weighted by Crippen LogP contribution is 2.04. The van der Waals surface area contributed by atoms with Crippen molar-refractivity contribution in [1.82, 2.24) is 5.32 Å². The first-order chi connectivity index (χ1) is 7.99. The van der Waals surface area contributed by atoms with Crippen LogP contribution in [0.25, 0.3) is 0 Å². The minimum atomic E-state index is -0.795. The largest absolute Gasteiger partial charge is 0.481 e. The monoisotopic (exact) mass is 244 g/mol. The van der Waals surface area contributed by atoms with Crippen molar-refractivity contribution >= 4 is 11.9 Å². The second kappa shape index (κ2) is 8.98. The molecule has 100 valence electrons. The Labute approximate surface area is 103 Å². The lowest BCUT2D eigenvalue weighted by molar-refractivity contribution is -0.141. The number of nitrogens with two attached hydrogens (primary N) is 1. The summed E-state index contributed by atoms with van der Waals surface area (Å²) >= 11 is 0. The zero-order valence-corrected chi connectivity index (χ0v) is 10.7. The molecule has 17 heavy (non-hydrogen) atoms. The van der Waals surface area contributed by atoms with E-state index in [1.165, 1.54) is 0 Å². The van der Waals surface area contributed by atoms with E-state index in [1.54, 1.807) is 6.92 Å². The van der Waals surface area contributed by atoms with E-state index in [9.17, 15) is 9.59 Å². The Morgan fingerprint density at radius 1 is 1.29 bits per heavy atom. The van der Waals surface area contributed by atoms with Crippen LogP contribution in [0.15, 0.2) is 0 Å². The number of hydrogen-bond acceptors (Lipinski definition) is 3. The minimum Gasteiger partial charge on any atom is -0.481 e. The summed E-state index contributed by atoms with van der Waals surface area (Å²) in [7, 11) is 0. The molecule has 5 heteroatoms. The van der Waals surface area contributed by atoms with E-state index < -0.39 is 12.0 Å². The van der Waals surface area contributed by atoms with E-state index in [-0.39, 0.29) is 11.8 Å². The first-order valence-corrected chi connectivity index (χ1v) is 6.25. The second-order valence-corrected chi connectivity index (χ2v) is 4.42. The lowest BCUT2D eigenvalue weighted by Crippen LogP contribution is -2.40. The van der Waals surface area contributed by atoms with Crippen LogP contribution in [-0.2, 0) is 9.59 Å². The molecule has 0 rings (SSSR count). The van der Waals surface area contributed by atoms with Gasteiger partial charge in [0.2, 0.25) is 5.91 Å². The molecule has 0 aliphatic rings. The molecule has 0 saturated heterocycles. The number of hydrogen-bond donors (Lipinski definition) is 3. The SMILES string of the molecule is CCCCC(N)C(=O)NCCCC(C)C(=O)O. The van der Waals surface area contributed by atoms with Crippen LogP contribution >= 0.6 is 0 Å². The summed E-state index contributed by atoms with van der Waals surface area (Å²) in [6.45, 7) is 4.21. The lowest BCUT2D eigenvalue weighted by Gasteiger charge is -2.12. The smallest absolute Gasteiger partial charge is 0.306 e. The van der Waals surface area contributed by atoms with Gasteiger partial charge in [0.25, 0.3) is 0 Å². The fraction of sp³-hybridized carbons (Fsp3) is 0.833. The van der Waals surface area contributed by atoms with Crippen molar-refractivity contribution in [3.05, 3.63) is 0 Å². The topological polar surface area (TPSA) is 92.4 Å². The molecule has 0 aromatic carbocycles. The molecule has 0 aliphatic carbocycles. The Kier molecular flexibility index (Phi) is 8.40. The van der Waals surface area contributed by atoms with Crippen LogP contribution in [0.3, 0.4) is 0 Å². The number of carbonyl (C=O) groups excluding carboxylic acids is 1. The van der Waals surface area contributed by atoms with Crippen LogP contribution in [-0.4, -0.2) is 29.6 Å². The molecule has 0 fully saturated rings. The highest BCUT2D eigenvalue weighted by molar-refractivity contribution is 5.81. The Bertz CT molecular complexity index is 244. The van der Waals surface area contributed by atoms with Crippen molar-refractivity contribution < 1.29 is 14.7 Å². The predicted molar refractivity (Wildman–Crippen MR) is 66.5 cm³/mol. The molecule has 0 aromatic rings. The van der Waals surface area contributed by atoms with Crippen molar-refractivity contribution in [3.63, 3.8) is 0 Å². The Balaban J connectivity index is 3.60. The Morgan fingerprint density at radius 3 is 2.47 bits per heavy atom. The van der Waals surface area contributed by atoms with Gasteiger partial charge in [0.1, 0.15) is 0 Å². The average molecular weight is 244 g/mol. The van der Waals surface area contributed by atoms with Gasteiger partial charge in [-0.1, -0.05) is 26.7 Å². The number of nitrogens with one attached hydrogen (secondary N) is 1. The first-order valence-electron chi connectivity index (χ1n) is 6.25. The Morgan fingerprint density at radius 2 is 1.94 bits per heavy atom. The summed E-state index contributed by atoms with van der Waals surface area (Å²) in [5.41, 5.74) is 5.69. The molecule has 0 aromatic heterocycles. The van der Waals surface area contributed by atoms with Gasteiger partial charge in [-0.15, -0.1) is 0 Å². The molecule has 0 bridgehead atoms. The highest BCUT2D eigenvalue weighted by atomic mass is 16.4. The van der Waals surface area contributed by atoms with Crippen molar-refractivity contribution in [2.24, 2.45) is 11.7 Å². The third-order valence-electron chi connectivity index (χ3n) is 2.74. The molecule has 2 atom stereocenters. The van der Waals surface area contributed by atoms with Crippen molar-refractivity contribution in [3.8, 4) is 0 Å². The van der Waals surface area contributed by atoms with Crippen LogP contribution in [0.1, 0.15) is 46.0 Å². The number of rotatable bonds is 9. The summed E-state index contributed by atoms with van der Waals surface area (Å²) in [6, 6.07) is -0.438. The number of aliphatic carboxylic acids is 1. The van der Waals surface area contributed by atoms with Crippen LogP contribution in [0.5, 0.6) is 0 Å². The maximum Gasteiger partial charge on any atom is 0.306 e. The fourth-order valence-electron chi connectivity index (χ4n) is 1.43. The van der Waals surface area contributed by atoms with Crippen molar-refractivity contribution in [2.75, 3.05) is 6.54 Å². The van der Waals surface area contributed by atoms with Gasteiger partial charge < -0.3 is 16.2 Å². The molecule has 0 saturated carbocycles. The molecule has 4 N–H and O–H groups in total. The normalized spacial score (nSPS) is 14.1. The van der Waals surface area contributed by atoms with Crippen LogP contribution in [0.4, 0.5) is 0 Å². The fourth-order valence-corrected chi connectivity index (χ4v) is 1.43. The maximum absolute atomic E-state index is 11.5. The van der Waals surface area contributed by atoms with Crippen molar-refractivity contribution in [1.29, 1.82) is 0 Å². The van der Waals surface area contributed by atoms with Gasteiger partial charge in [-0.25, -0.2) is 0 Å². The molecule has 0 heterocycles. The highest BCUT2D eigenvalue weighted by Gasteiger charge is 2.13.